The molecule has 0 radical (unpaired) electrons. The van der Waals surface area contributed by atoms with Crippen molar-refractivity contribution in [3.05, 3.63) is 24.8 Å². The SMILES string of the molecule is C=C(C)C(=O)O[Si](C)(C)C.C=CC(=O)OCC(C)C. The molecular weight excluding hydrogens is 260 g/mol. The lowest BCUT2D eigenvalue weighted by atomic mass is 10.2. The van der Waals surface area contributed by atoms with Gasteiger partial charge in [-0.25, -0.2) is 9.59 Å². The number of ether oxygens (including phenoxy) is 1. The molecule has 0 saturated heterocycles. The minimum absolute atomic E-state index is 0.265. The van der Waals surface area contributed by atoms with E-state index in [9.17, 15) is 9.59 Å². The molecule has 110 valence electrons. The van der Waals surface area contributed by atoms with Crippen LogP contribution in [0.1, 0.15) is 20.8 Å². The summed E-state index contributed by atoms with van der Waals surface area (Å²) in [6.07, 6.45) is 1.17. The monoisotopic (exact) mass is 286 g/mol. The normalized spacial score (nSPS) is 10.1. The maximum Gasteiger partial charge on any atom is 0.330 e. The molecule has 0 saturated carbocycles. The summed E-state index contributed by atoms with van der Waals surface area (Å²) < 4.78 is 9.80. The third-order valence-electron chi connectivity index (χ3n) is 1.47. The molecule has 0 heterocycles. The van der Waals surface area contributed by atoms with Crippen molar-refractivity contribution >= 4 is 20.3 Å². The van der Waals surface area contributed by atoms with E-state index in [1.54, 1.807) is 6.92 Å². The molecule has 5 heteroatoms. The second-order valence-electron chi connectivity index (χ2n) is 5.51. The van der Waals surface area contributed by atoms with Crippen LogP contribution in [0, 0.1) is 5.92 Å². The van der Waals surface area contributed by atoms with E-state index in [0.717, 1.165) is 0 Å². The van der Waals surface area contributed by atoms with Gasteiger partial charge >= 0.3 is 11.9 Å². The van der Waals surface area contributed by atoms with Crippen LogP contribution in [-0.2, 0) is 18.8 Å². The zero-order valence-electron chi connectivity index (χ0n) is 12.9. The van der Waals surface area contributed by atoms with Crippen molar-refractivity contribution in [1.82, 2.24) is 0 Å². The van der Waals surface area contributed by atoms with Crippen LogP contribution in [-0.4, -0.2) is 26.9 Å². The number of hydrogen-bond acceptors (Lipinski definition) is 4. The summed E-state index contributed by atoms with van der Waals surface area (Å²) in [4.78, 5) is 21.2. The second kappa shape index (κ2) is 9.55. The first kappa shape index (κ1) is 20.0. The van der Waals surface area contributed by atoms with Crippen molar-refractivity contribution in [3.8, 4) is 0 Å². The van der Waals surface area contributed by atoms with Gasteiger partial charge < -0.3 is 9.16 Å². The highest BCUT2D eigenvalue weighted by Gasteiger charge is 2.19. The number of esters is 1. The fraction of sp³-hybridized carbons (Fsp3) is 0.571. The molecule has 19 heavy (non-hydrogen) atoms. The first-order chi connectivity index (χ1) is 8.49. The summed E-state index contributed by atoms with van der Waals surface area (Å²) >= 11 is 0. The fourth-order valence-corrected chi connectivity index (χ4v) is 1.40. The summed E-state index contributed by atoms with van der Waals surface area (Å²) in [5, 5.41) is 0. The molecule has 0 aromatic rings. The lowest BCUT2D eigenvalue weighted by Gasteiger charge is -2.16. The Hall–Kier alpha value is -1.36. The van der Waals surface area contributed by atoms with Gasteiger partial charge in [-0.05, 0) is 32.5 Å². The van der Waals surface area contributed by atoms with Crippen molar-refractivity contribution in [2.24, 2.45) is 5.92 Å². The highest BCUT2D eigenvalue weighted by Crippen LogP contribution is 2.05. The van der Waals surface area contributed by atoms with Crippen LogP contribution in [0.5, 0.6) is 0 Å². The van der Waals surface area contributed by atoms with Gasteiger partial charge in [0.15, 0.2) is 0 Å². The molecule has 0 aliphatic carbocycles. The summed E-state index contributed by atoms with van der Waals surface area (Å²) in [6.45, 7) is 18.7. The number of carbonyl (C=O) groups excluding carboxylic acids is 2. The van der Waals surface area contributed by atoms with Crippen LogP contribution in [0.4, 0.5) is 0 Å². The van der Waals surface area contributed by atoms with Gasteiger partial charge in [0.1, 0.15) is 0 Å². The Morgan fingerprint density at radius 3 is 1.95 bits per heavy atom. The molecule has 0 aromatic heterocycles. The molecule has 0 N–H and O–H groups in total. The van der Waals surface area contributed by atoms with E-state index in [1.807, 2.05) is 33.5 Å². The van der Waals surface area contributed by atoms with Crippen molar-refractivity contribution in [2.45, 2.75) is 40.4 Å². The number of rotatable bonds is 5. The van der Waals surface area contributed by atoms with Gasteiger partial charge in [0, 0.05) is 11.6 Å². The Labute approximate surface area is 117 Å². The summed E-state index contributed by atoms with van der Waals surface area (Å²) in [6, 6.07) is 0. The van der Waals surface area contributed by atoms with Crippen LogP contribution in [0.3, 0.4) is 0 Å². The largest absolute Gasteiger partial charge is 0.517 e. The van der Waals surface area contributed by atoms with Crippen molar-refractivity contribution in [3.63, 3.8) is 0 Å². The fourth-order valence-electron chi connectivity index (χ4n) is 0.673. The van der Waals surface area contributed by atoms with Crippen LogP contribution >= 0.6 is 0 Å². The van der Waals surface area contributed by atoms with E-state index in [0.29, 0.717) is 18.1 Å². The number of hydrogen-bond donors (Lipinski definition) is 0. The second-order valence-corrected chi connectivity index (χ2v) is 9.94. The summed E-state index contributed by atoms with van der Waals surface area (Å²) in [5.41, 5.74) is 0.474. The van der Waals surface area contributed by atoms with Crippen molar-refractivity contribution < 1.29 is 18.8 Å². The highest BCUT2D eigenvalue weighted by molar-refractivity contribution is 6.71. The third-order valence-corrected chi connectivity index (χ3v) is 2.27. The zero-order valence-corrected chi connectivity index (χ0v) is 13.9. The molecule has 4 nitrogen and oxygen atoms in total. The van der Waals surface area contributed by atoms with Crippen molar-refractivity contribution in [2.75, 3.05) is 6.61 Å². The molecule has 0 fully saturated rings. The molecule has 0 amide bonds. The van der Waals surface area contributed by atoms with E-state index in [-0.39, 0.29) is 11.9 Å². The zero-order chi connectivity index (χ0) is 15.6. The summed E-state index contributed by atoms with van der Waals surface area (Å²) in [7, 11) is -1.69. The van der Waals surface area contributed by atoms with E-state index in [1.165, 1.54) is 6.08 Å². The van der Waals surface area contributed by atoms with Crippen LogP contribution < -0.4 is 0 Å². The maximum absolute atomic E-state index is 10.9. The third kappa shape index (κ3) is 16.6. The van der Waals surface area contributed by atoms with E-state index in [2.05, 4.69) is 13.2 Å². The van der Waals surface area contributed by atoms with Gasteiger partial charge in [-0.2, -0.15) is 0 Å². The van der Waals surface area contributed by atoms with Crippen molar-refractivity contribution in [1.29, 1.82) is 0 Å². The molecule has 0 aromatic carbocycles. The van der Waals surface area contributed by atoms with Crippen LogP contribution in [0.15, 0.2) is 24.8 Å². The first-order valence-electron chi connectivity index (χ1n) is 6.17. The number of carbonyl (C=O) groups is 2. The molecule has 0 rings (SSSR count). The summed E-state index contributed by atoms with van der Waals surface area (Å²) in [5.74, 6) is -0.211. The Morgan fingerprint density at radius 1 is 1.26 bits per heavy atom. The average molecular weight is 286 g/mol. The van der Waals surface area contributed by atoms with Gasteiger partial charge in [-0.3, -0.25) is 0 Å². The molecule has 0 unspecified atom stereocenters. The van der Waals surface area contributed by atoms with Crippen LogP contribution in [0.25, 0.3) is 0 Å². The predicted octanol–water partition coefficient (Wildman–Crippen LogP) is 3.31. The van der Waals surface area contributed by atoms with E-state index >= 15 is 0 Å². The average Bonchev–Trinajstić information content (AvgIpc) is 2.24. The van der Waals surface area contributed by atoms with Gasteiger partial charge in [-0.1, -0.05) is 27.0 Å². The van der Waals surface area contributed by atoms with Crippen LogP contribution in [0.2, 0.25) is 19.6 Å². The van der Waals surface area contributed by atoms with Gasteiger partial charge in [0.25, 0.3) is 0 Å². The Bertz CT molecular complexity index is 327. The predicted molar refractivity (Wildman–Crippen MR) is 80.2 cm³/mol. The van der Waals surface area contributed by atoms with Gasteiger partial charge in [-0.15, -0.1) is 0 Å². The lowest BCUT2D eigenvalue weighted by Crippen LogP contribution is -2.29. The first-order valence-corrected chi connectivity index (χ1v) is 9.58. The molecule has 0 atom stereocenters. The van der Waals surface area contributed by atoms with Gasteiger partial charge in [0.2, 0.25) is 8.32 Å². The maximum atomic E-state index is 10.9. The van der Waals surface area contributed by atoms with E-state index in [4.69, 9.17) is 9.16 Å². The minimum atomic E-state index is -1.69. The Balaban J connectivity index is 0. The molecule has 0 aliphatic heterocycles. The molecular formula is C14H26O4Si. The Morgan fingerprint density at radius 2 is 1.74 bits per heavy atom. The standard InChI is InChI=1S/C7H14O2Si.C7H12O2/c1-6(2)7(8)9-10(3,4)5;1-4-7(8)9-5-6(2)3/h1H2,2-5H3;4,6H,1,5H2,2-3H3. The van der Waals surface area contributed by atoms with E-state index < -0.39 is 8.32 Å². The lowest BCUT2D eigenvalue weighted by molar-refractivity contribution is -0.138. The molecule has 0 bridgehead atoms. The highest BCUT2D eigenvalue weighted by atomic mass is 28.4. The minimum Gasteiger partial charge on any atom is -0.517 e. The Kier molecular flexibility index (Phi) is 10.0. The molecule has 0 spiro atoms. The quantitative estimate of drug-likeness (QED) is 0.442. The smallest absolute Gasteiger partial charge is 0.330 e. The molecule has 0 aliphatic rings. The topological polar surface area (TPSA) is 52.6 Å². The van der Waals surface area contributed by atoms with Gasteiger partial charge in [0.05, 0.1) is 6.61 Å².